The molecular formula is C13H17FN2OS. The van der Waals surface area contributed by atoms with Crippen LogP contribution in [0.4, 0.5) is 10.1 Å². The van der Waals surface area contributed by atoms with Crippen LogP contribution in [0.15, 0.2) is 23.2 Å². The Morgan fingerprint density at radius 1 is 1.56 bits per heavy atom. The van der Waals surface area contributed by atoms with Gasteiger partial charge in [0.25, 0.3) is 0 Å². The molecule has 0 bridgehead atoms. The summed E-state index contributed by atoms with van der Waals surface area (Å²) in [6.07, 6.45) is 0.942. The third-order valence-corrected chi connectivity index (χ3v) is 3.83. The molecule has 18 heavy (non-hydrogen) atoms. The molecule has 0 radical (unpaired) electrons. The number of rotatable bonds is 4. The van der Waals surface area contributed by atoms with E-state index in [9.17, 15) is 4.39 Å². The lowest BCUT2D eigenvalue weighted by molar-refractivity contribution is 0.190. The Kier molecular flexibility index (Phi) is 4.60. The van der Waals surface area contributed by atoms with Crippen LogP contribution in [-0.2, 0) is 4.74 Å². The first kappa shape index (κ1) is 13.4. The van der Waals surface area contributed by atoms with Gasteiger partial charge >= 0.3 is 0 Å². The molecule has 0 aliphatic carbocycles. The summed E-state index contributed by atoms with van der Waals surface area (Å²) < 4.78 is 18.0. The van der Waals surface area contributed by atoms with Crippen LogP contribution in [0.5, 0.6) is 0 Å². The van der Waals surface area contributed by atoms with Crippen LogP contribution in [0.2, 0.25) is 0 Å². The highest BCUT2D eigenvalue weighted by Crippen LogP contribution is 2.24. The maximum absolute atomic E-state index is 13.0. The number of nitrogens with zero attached hydrogens (tertiary/aromatic N) is 1. The maximum Gasteiger partial charge on any atom is 0.161 e. The number of aliphatic imine (C=N–C) groups is 1. The Morgan fingerprint density at radius 2 is 2.39 bits per heavy atom. The molecule has 1 aromatic carbocycles. The van der Waals surface area contributed by atoms with Crippen molar-refractivity contribution in [1.29, 1.82) is 0 Å². The molecule has 1 aliphatic rings. The van der Waals surface area contributed by atoms with Crippen molar-refractivity contribution in [2.24, 2.45) is 4.99 Å². The molecule has 0 amide bonds. The van der Waals surface area contributed by atoms with Crippen molar-refractivity contribution in [3.05, 3.63) is 29.6 Å². The van der Waals surface area contributed by atoms with Gasteiger partial charge in [-0.3, -0.25) is 4.99 Å². The van der Waals surface area contributed by atoms with E-state index in [1.165, 1.54) is 12.1 Å². The minimum Gasteiger partial charge on any atom is -0.385 e. The first-order chi connectivity index (χ1) is 8.69. The molecule has 1 unspecified atom stereocenters. The van der Waals surface area contributed by atoms with Crippen molar-refractivity contribution in [1.82, 2.24) is 0 Å². The van der Waals surface area contributed by atoms with Crippen molar-refractivity contribution in [3.8, 4) is 0 Å². The van der Waals surface area contributed by atoms with Gasteiger partial charge in [-0.05, 0) is 37.1 Å². The highest BCUT2D eigenvalue weighted by atomic mass is 32.2. The average molecular weight is 268 g/mol. The first-order valence-corrected chi connectivity index (χ1v) is 6.90. The molecule has 0 saturated carbocycles. The topological polar surface area (TPSA) is 33.6 Å². The van der Waals surface area contributed by atoms with Gasteiger partial charge < -0.3 is 10.1 Å². The van der Waals surface area contributed by atoms with Crippen LogP contribution >= 0.6 is 11.8 Å². The summed E-state index contributed by atoms with van der Waals surface area (Å²) in [7, 11) is 1.70. The van der Waals surface area contributed by atoms with Gasteiger partial charge in [-0.15, -0.1) is 0 Å². The third kappa shape index (κ3) is 3.46. The molecule has 0 spiro atoms. The van der Waals surface area contributed by atoms with Crippen LogP contribution in [0.1, 0.15) is 12.0 Å². The molecule has 0 fully saturated rings. The Hall–Kier alpha value is -1.07. The maximum atomic E-state index is 13.0. The van der Waals surface area contributed by atoms with E-state index in [1.54, 1.807) is 24.9 Å². The Bertz CT molecular complexity index is 451. The van der Waals surface area contributed by atoms with Gasteiger partial charge in [-0.1, -0.05) is 11.8 Å². The second kappa shape index (κ2) is 6.20. The van der Waals surface area contributed by atoms with Gasteiger partial charge in [-0.25, -0.2) is 4.39 Å². The van der Waals surface area contributed by atoms with Gasteiger partial charge in [0.05, 0.1) is 6.04 Å². The molecule has 1 atom stereocenters. The van der Waals surface area contributed by atoms with Gasteiger partial charge in [0.2, 0.25) is 0 Å². The van der Waals surface area contributed by atoms with Crippen LogP contribution in [-0.4, -0.2) is 30.7 Å². The molecule has 1 heterocycles. The Balaban J connectivity index is 1.97. The molecule has 0 saturated heterocycles. The fraction of sp³-hybridized carbons (Fsp3) is 0.462. The standard InChI is InChI=1S/C13H17FN2OS/c1-9-7-10(14)3-4-12(9)16-13-15-11(8-18-13)5-6-17-2/h3-4,7,11H,5-6,8H2,1-2H3,(H,15,16). The van der Waals surface area contributed by atoms with Crippen molar-refractivity contribution in [2.45, 2.75) is 19.4 Å². The normalized spacial score (nSPS) is 18.8. The number of thioether (sulfide) groups is 1. The average Bonchev–Trinajstić information content (AvgIpc) is 2.78. The number of nitrogens with one attached hydrogen (secondary N) is 1. The van der Waals surface area contributed by atoms with Crippen molar-refractivity contribution < 1.29 is 9.13 Å². The summed E-state index contributed by atoms with van der Waals surface area (Å²) in [4.78, 5) is 4.58. The predicted molar refractivity (Wildman–Crippen MR) is 74.9 cm³/mol. The molecule has 3 nitrogen and oxygen atoms in total. The zero-order valence-electron chi connectivity index (χ0n) is 10.6. The fourth-order valence-corrected chi connectivity index (χ4v) is 2.77. The largest absolute Gasteiger partial charge is 0.385 e. The smallest absolute Gasteiger partial charge is 0.161 e. The lowest BCUT2D eigenvalue weighted by Gasteiger charge is -2.08. The van der Waals surface area contributed by atoms with E-state index in [4.69, 9.17) is 4.74 Å². The summed E-state index contributed by atoms with van der Waals surface area (Å²) in [5.41, 5.74) is 1.80. The number of aryl methyl sites for hydroxylation is 1. The summed E-state index contributed by atoms with van der Waals surface area (Å²) in [5.74, 6) is 0.767. The number of hydrogen-bond acceptors (Lipinski definition) is 4. The Labute approximate surface area is 111 Å². The van der Waals surface area contributed by atoms with Gasteiger partial charge in [0, 0.05) is 25.2 Å². The summed E-state index contributed by atoms with van der Waals surface area (Å²) in [6, 6.07) is 5.04. The number of benzene rings is 1. The van der Waals surface area contributed by atoms with E-state index < -0.39 is 0 Å². The first-order valence-electron chi connectivity index (χ1n) is 5.92. The summed E-state index contributed by atoms with van der Waals surface area (Å²) in [5, 5.41) is 4.16. The highest BCUT2D eigenvalue weighted by molar-refractivity contribution is 8.14. The van der Waals surface area contributed by atoms with Gasteiger partial charge in [-0.2, -0.15) is 0 Å². The molecule has 1 aromatic rings. The van der Waals surface area contributed by atoms with Crippen LogP contribution in [0.3, 0.4) is 0 Å². The van der Waals surface area contributed by atoms with Gasteiger partial charge in [0.15, 0.2) is 5.17 Å². The molecular weight excluding hydrogens is 251 g/mol. The van der Waals surface area contributed by atoms with E-state index in [2.05, 4.69) is 10.3 Å². The lowest BCUT2D eigenvalue weighted by atomic mass is 10.2. The van der Waals surface area contributed by atoms with Crippen LogP contribution in [0.25, 0.3) is 0 Å². The minimum absolute atomic E-state index is 0.211. The van der Waals surface area contributed by atoms with E-state index >= 15 is 0 Å². The monoisotopic (exact) mass is 268 g/mol. The second-order valence-electron chi connectivity index (χ2n) is 4.26. The summed E-state index contributed by atoms with van der Waals surface area (Å²) in [6.45, 7) is 2.62. The number of hydrogen-bond donors (Lipinski definition) is 1. The highest BCUT2D eigenvalue weighted by Gasteiger charge is 2.18. The second-order valence-corrected chi connectivity index (χ2v) is 5.27. The quantitative estimate of drug-likeness (QED) is 0.911. The van der Waals surface area contributed by atoms with Crippen molar-refractivity contribution in [3.63, 3.8) is 0 Å². The Morgan fingerprint density at radius 3 is 3.11 bits per heavy atom. The van der Waals surface area contributed by atoms with Crippen LogP contribution < -0.4 is 5.32 Å². The van der Waals surface area contributed by atoms with Crippen LogP contribution in [0, 0.1) is 12.7 Å². The van der Waals surface area contributed by atoms with Crippen molar-refractivity contribution >= 4 is 22.6 Å². The number of anilines is 1. The zero-order chi connectivity index (χ0) is 13.0. The SMILES string of the molecule is COCCC1CSC(Nc2ccc(F)cc2C)=N1. The van der Waals surface area contributed by atoms with E-state index in [1.807, 2.05) is 6.92 Å². The molecule has 0 aromatic heterocycles. The fourth-order valence-electron chi connectivity index (χ4n) is 1.77. The summed E-state index contributed by atoms with van der Waals surface area (Å²) >= 11 is 1.70. The number of halogens is 1. The third-order valence-electron chi connectivity index (χ3n) is 2.80. The molecule has 5 heteroatoms. The lowest BCUT2D eigenvalue weighted by Crippen LogP contribution is -2.08. The minimum atomic E-state index is -0.211. The van der Waals surface area contributed by atoms with Crippen molar-refractivity contribution in [2.75, 3.05) is 24.8 Å². The van der Waals surface area contributed by atoms with E-state index in [0.29, 0.717) is 6.04 Å². The number of methoxy groups -OCH3 is 1. The number of amidine groups is 1. The molecule has 1 aliphatic heterocycles. The molecule has 98 valence electrons. The molecule has 2 rings (SSSR count). The predicted octanol–water partition coefficient (Wildman–Crippen LogP) is 3.05. The van der Waals surface area contributed by atoms with E-state index in [0.717, 1.165) is 35.2 Å². The molecule has 1 N–H and O–H groups in total. The zero-order valence-corrected chi connectivity index (χ0v) is 11.4. The number of ether oxygens (including phenoxy) is 1. The van der Waals surface area contributed by atoms with E-state index in [-0.39, 0.29) is 5.82 Å². The van der Waals surface area contributed by atoms with Gasteiger partial charge in [0.1, 0.15) is 5.82 Å².